The molecule has 4 rings (SSSR count). The number of hydrogen-bond acceptors (Lipinski definition) is 4. The zero-order chi connectivity index (χ0) is 21.8. The van der Waals surface area contributed by atoms with Gasteiger partial charge in [-0.05, 0) is 17.2 Å². The number of non-ortho nitro benzene ring substituents is 1. The standard InChI is InChI=1S/C24H22ClN3O3/c25-22-17-20(28(30)31)11-12-21(22)24(29)27-15-13-26(14-16-27)23(18-7-3-1-4-8-18)19-9-5-2-6-10-19/h1-12,17,23H,13-16H2. The predicted octanol–water partition coefficient (Wildman–Crippen LogP) is 4.80. The van der Waals surface area contributed by atoms with Gasteiger partial charge in [0.2, 0.25) is 0 Å². The Hall–Kier alpha value is -3.22. The molecular formula is C24H22ClN3O3. The van der Waals surface area contributed by atoms with Crippen molar-refractivity contribution in [2.45, 2.75) is 6.04 Å². The van der Waals surface area contributed by atoms with Crippen molar-refractivity contribution in [3.8, 4) is 0 Å². The first-order valence-corrected chi connectivity index (χ1v) is 10.5. The van der Waals surface area contributed by atoms with Crippen molar-refractivity contribution in [3.05, 3.63) is 111 Å². The Morgan fingerprint density at radius 2 is 1.42 bits per heavy atom. The lowest BCUT2D eigenvalue weighted by atomic mass is 9.96. The fourth-order valence-electron chi connectivity index (χ4n) is 4.03. The molecule has 1 amide bonds. The Kier molecular flexibility index (Phi) is 6.30. The molecule has 1 aliphatic heterocycles. The second kappa shape index (κ2) is 9.29. The summed E-state index contributed by atoms with van der Waals surface area (Å²) in [6.07, 6.45) is 0. The van der Waals surface area contributed by atoms with Crippen LogP contribution in [0.25, 0.3) is 0 Å². The van der Waals surface area contributed by atoms with Crippen LogP contribution < -0.4 is 0 Å². The third-order valence-electron chi connectivity index (χ3n) is 5.59. The molecule has 6 nitrogen and oxygen atoms in total. The lowest BCUT2D eigenvalue weighted by Gasteiger charge is -2.40. The van der Waals surface area contributed by atoms with E-state index in [0.29, 0.717) is 31.7 Å². The molecular weight excluding hydrogens is 414 g/mol. The Bertz CT molecular complexity index is 1030. The van der Waals surface area contributed by atoms with E-state index in [1.807, 2.05) is 36.4 Å². The fraction of sp³-hybridized carbons (Fsp3) is 0.208. The highest BCUT2D eigenvalue weighted by molar-refractivity contribution is 6.34. The summed E-state index contributed by atoms with van der Waals surface area (Å²) in [4.78, 5) is 27.5. The zero-order valence-corrected chi connectivity index (χ0v) is 17.6. The number of carbonyl (C=O) groups is 1. The van der Waals surface area contributed by atoms with Gasteiger partial charge in [0.25, 0.3) is 11.6 Å². The van der Waals surface area contributed by atoms with Crippen LogP contribution >= 0.6 is 11.6 Å². The Morgan fingerprint density at radius 1 is 0.871 bits per heavy atom. The van der Waals surface area contributed by atoms with Crippen LogP contribution in [0.15, 0.2) is 78.9 Å². The van der Waals surface area contributed by atoms with Gasteiger partial charge >= 0.3 is 0 Å². The summed E-state index contributed by atoms with van der Waals surface area (Å²) in [6, 6.07) is 24.8. The Labute approximate surface area is 185 Å². The summed E-state index contributed by atoms with van der Waals surface area (Å²) in [7, 11) is 0. The number of piperazine rings is 1. The van der Waals surface area contributed by atoms with Gasteiger partial charge in [-0.2, -0.15) is 0 Å². The molecule has 7 heteroatoms. The topological polar surface area (TPSA) is 66.7 Å². The Morgan fingerprint density at radius 3 is 1.90 bits per heavy atom. The smallest absolute Gasteiger partial charge is 0.270 e. The molecule has 0 N–H and O–H groups in total. The molecule has 0 aromatic heterocycles. The van der Waals surface area contributed by atoms with Gasteiger partial charge in [-0.3, -0.25) is 19.8 Å². The average molecular weight is 436 g/mol. The van der Waals surface area contributed by atoms with E-state index in [4.69, 9.17) is 11.6 Å². The minimum absolute atomic E-state index is 0.105. The number of rotatable bonds is 5. The van der Waals surface area contributed by atoms with E-state index in [1.54, 1.807) is 4.90 Å². The van der Waals surface area contributed by atoms with Crippen molar-refractivity contribution in [2.75, 3.05) is 26.2 Å². The minimum atomic E-state index is -0.522. The maximum Gasteiger partial charge on any atom is 0.270 e. The van der Waals surface area contributed by atoms with Crippen molar-refractivity contribution < 1.29 is 9.72 Å². The van der Waals surface area contributed by atoms with Crippen LogP contribution in [0.2, 0.25) is 5.02 Å². The third kappa shape index (κ3) is 4.60. The van der Waals surface area contributed by atoms with Gasteiger partial charge in [0, 0.05) is 38.3 Å². The van der Waals surface area contributed by atoms with E-state index >= 15 is 0 Å². The molecule has 1 aliphatic rings. The Balaban J connectivity index is 1.50. The molecule has 0 radical (unpaired) electrons. The lowest BCUT2D eigenvalue weighted by molar-refractivity contribution is -0.384. The van der Waals surface area contributed by atoms with E-state index < -0.39 is 4.92 Å². The molecule has 0 unspecified atom stereocenters. The molecule has 31 heavy (non-hydrogen) atoms. The molecule has 1 saturated heterocycles. The van der Waals surface area contributed by atoms with Crippen LogP contribution in [-0.4, -0.2) is 46.8 Å². The van der Waals surface area contributed by atoms with Crippen molar-refractivity contribution in [2.24, 2.45) is 0 Å². The van der Waals surface area contributed by atoms with Crippen LogP contribution in [0, 0.1) is 10.1 Å². The normalized spacial score (nSPS) is 14.6. The van der Waals surface area contributed by atoms with E-state index in [-0.39, 0.29) is 22.7 Å². The molecule has 1 heterocycles. The maximum atomic E-state index is 13.0. The lowest BCUT2D eigenvalue weighted by Crippen LogP contribution is -2.49. The number of hydrogen-bond donors (Lipinski definition) is 0. The van der Waals surface area contributed by atoms with Crippen LogP contribution in [0.4, 0.5) is 5.69 Å². The van der Waals surface area contributed by atoms with Crippen molar-refractivity contribution in [1.82, 2.24) is 9.80 Å². The van der Waals surface area contributed by atoms with E-state index in [2.05, 4.69) is 29.2 Å². The summed E-state index contributed by atoms with van der Waals surface area (Å²) in [6.45, 7) is 2.54. The number of nitro benzene ring substituents is 1. The second-order valence-electron chi connectivity index (χ2n) is 7.47. The first-order valence-electron chi connectivity index (χ1n) is 10.1. The summed E-state index contributed by atoms with van der Waals surface area (Å²) in [5.41, 5.74) is 2.60. The molecule has 0 atom stereocenters. The summed E-state index contributed by atoms with van der Waals surface area (Å²) >= 11 is 6.16. The number of carbonyl (C=O) groups excluding carboxylic acids is 1. The van der Waals surface area contributed by atoms with Gasteiger partial charge in [0.15, 0.2) is 0 Å². The second-order valence-corrected chi connectivity index (χ2v) is 7.88. The minimum Gasteiger partial charge on any atom is -0.336 e. The summed E-state index contributed by atoms with van der Waals surface area (Å²) in [5, 5.41) is 11.0. The first-order chi connectivity index (χ1) is 15.0. The third-order valence-corrected chi connectivity index (χ3v) is 5.90. The number of halogens is 1. The van der Waals surface area contributed by atoms with E-state index in [9.17, 15) is 14.9 Å². The van der Waals surface area contributed by atoms with Crippen LogP contribution in [0.5, 0.6) is 0 Å². The first kappa shape index (κ1) is 21.0. The van der Waals surface area contributed by atoms with Gasteiger partial charge < -0.3 is 4.90 Å². The highest BCUT2D eigenvalue weighted by Crippen LogP contribution is 2.30. The largest absolute Gasteiger partial charge is 0.336 e. The number of nitro groups is 1. The molecule has 3 aromatic carbocycles. The molecule has 0 bridgehead atoms. The molecule has 158 valence electrons. The highest BCUT2D eigenvalue weighted by Gasteiger charge is 2.29. The SMILES string of the molecule is O=C(c1ccc([N+](=O)[O-])cc1Cl)N1CCN(C(c2ccccc2)c2ccccc2)CC1. The van der Waals surface area contributed by atoms with E-state index in [1.165, 1.54) is 29.3 Å². The molecule has 0 spiro atoms. The van der Waals surface area contributed by atoms with Gasteiger partial charge in [0.1, 0.15) is 0 Å². The summed E-state index contributed by atoms with van der Waals surface area (Å²) in [5.74, 6) is -0.199. The highest BCUT2D eigenvalue weighted by atomic mass is 35.5. The predicted molar refractivity (Wildman–Crippen MR) is 120 cm³/mol. The number of amides is 1. The van der Waals surface area contributed by atoms with Gasteiger partial charge in [-0.15, -0.1) is 0 Å². The van der Waals surface area contributed by atoms with Crippen LogP contribution in [0.1, 0.15) is 27.5 Å². The molecule has 0 saturated carbocycles. The van der Waals surface area contributed by atoms with Crippen molar-refractivity contribution >= 4 is 23.2 Å². The van der Waals surface area contributed by atoms with Crippen molar-refractivity contribution in [3.63, 3.8) is 0 Å². The van der Waals surface area contributed by atoms with Gasteiger partial charge in [-0.1, -0.05) is 72.3 Å². The van der Waals surface area contributed by atoms with Gasteiger partial charge in [-0.25, -0.2) is 0 Å². The molecule has 0 aliphatic carbocycles. The van der Waals surface area contributed by atoms with Gasteiger partial charge in [0.05, 0.1) is 21.6 Å². The molecule has 3 aromatic rings. The number of nitrogens with zero attached hydrogens (tertiary/aromatic N) is 3. The number of benzene rings is 3. The van der Waals surface area contributed by atoms with Crippen molar-refractivity contribution in [1.29, 1.82) is 0 Å². The van der Waals surface area contributed by atoms with Crippen LogP contribution in [-0.2, 0) is 0 Å². The zero-order valence-electron chi connectivity index (χ0n) is 16.9. The fourth-order valence-corrected chi connectivity index (χ4v) is 4.28. The summed E-state index contributed by atoms with van der Waals surface area (Å²) < 4.78 is 0. The van der Waals surface area contributed by atoms with E-state index in [0.717, 1.165) is 0 Å². The average Bonchev–Trinajstić information content (AvgIpc) is 2.80. The monoisotopic (exact) mass is 435 g/mol. The molecule has 1 fully saturated rings. The quantitative estimate of drug-likeness (QED) is 0.426. The maximum absolute atomic E-state index is 13.0. The van der Waals surface area contributed by atoms with Crippen LogP contribution in [0.3, 0.4) is 0 Å².